The van der Waals surface area contributed by atoms with Crippen molar-refractivity contribution in [3.05, 3.63) is 0 Å². The van der Waals surface area contributed by atoms with Gasteiger partial charge in [0.15, 0.2) is 0 Å². The van der Waals surface area contributed by atoms with Gasteiger partial charge in [-0.1, -0.05) is 0 Å². The molecule has 0 unspecified atom stereocenters. The molecule has 0 spiro atoms. The Labute approximate surface area is 31.8 Å². The van der Waals surface area contributed by atoms with Gasteiger partial charge in [-0.05, 0) is 0 Å². The van der Waals surface area contributed by atoms with Crippen molar-refractivity contribution in [2.75, 3.05) is 13.2 Å². The lowest BCUT2D eigenvalue weighted by atomic mass is 10.3. The second-order valence-corrected chi connectivity index (χ2v) is 0.943. The highest BCUT2D eigenvalue weighted by atomic mass is 16.4. The van der Waals surface area contributed by atoms with Crippen LogP contribution in [-0.2, 0) is 4.65 Å². The Bertz CT molecular complexity index is 21.2. The average molecular weight is 69.9 g/mol. The van der Waals surface area contributed by atoms with Gasteiger partial charge in [0.2, 0.25) is 0 Å². The summed E-state index contributed by atoms with van der Waals surface area (Å²) in [5.74, 6) is 0. The average Bonchev–Trinajstić information content (AvgIpc) is 1.76. The first-order valence-electron chi connectivity index (χ1n) is 1.67. The normalized spacial score (nSPS) is 22.4. The zero-order valence-electron chi connectivity index (χ0n) is 2.90. The molecule has 5 heavy (non-hydrogen) atoms. The second-order valence-electron chi connectivity index (χ2n) is 0.943. The quantitative estimate of drug-likeness (QED) is 0.374. The first-order chi connectivity index (χ1) is 2.50. The molecule has 1 N–H and O–H groups in total. The first kappa shape index (κ1) is 3.19. The monoisotopic (exact) mass is 70.0 g/mol. The molecule has 3 heteroatoms. The molecule has 2 nitrogen and oxygen atoms in total. The van der Waals surface area contributed by atoms with E-state index in [4.69, 9.17) is 4.65 Å². The summed E-state index contributed by atoms with van der Waals surface area (Å²) in [6, 6.07) is 0. The SMILES string of the molecule is [B]1NCCO1. The smallest absolute Gasteiger partial charge is 0.395 e. The molecule has 0 amide bonds. The molecule has 1 aliphatic heterocycles. The Morgan fingerprint density at radius 3 is 3.00 bits per heavy atom. The van der Waals surface area contributed by atoms with Gasteiger partial charge >= 0.3 is 7.62 Å². The van der Waals surface area contributed by atoms with E-state index in [1.54, 1.807) is 7.62 Å². The van der Waals surface area contributed by atoms with Crippen LogP contribution in [0, 0.1) is 0 Å². The molecular formula is C2H5BNO. The predicted molar refractivity (Wildman–Crippen MR) is 19.7 cm³/mol. The van der Waals surface area contributed by atoms with Crippen molar-refractivity contribution in [1.29, 1.82) is 0 Å². The highest BCUT2D eigenvalue weighted by Gasteiger charge is 1.97. The molecule has 1 heterocycles. The maximum atomic E-state index is 4.71. The Hall–Kier alpha value is -0.0151. The van der Waals surface area contributed by atoms with Crippen LogP contribution >= 0.6 is 0 Å². The number of hydrogen-bond acceptors (Lipinski definition) is 2. The largest absolute Gasteiger partial charge is 0.423 e. The molecule has 1 rings (SSSR count). The molecule has 0 atom stereocenters. The summed E-state index contributed by atoms with van der Waals surface area (Å²) in [7, 11) is 1.61. The van der Waals surface area contributed by atoms with E-state index in [0.717, 1.165) is 13.2 Å². The van der Waals surface area contributed by atoms with Gasteiger partial charge in [0, 0.05) is 13.2 Å². The molecule has 0 aromatic carbocycles. The summed E-state index contributed by atoms with van der Waals surface area (Å²) in [5, 5.41) is 2.88. The maximum Gasteiger partial charge on any atom is 0.395 e. The van der Waals surface area contributed by atoms with Crippen molar-refractivity contribution in [2.24, 2.45) is 0 Å². The highest BCUT2D eigenvalue weighted by molar-refractivity contribution is 6.24. The van der Waals surface area contributed by atoms with Gasteiger partial charge in [-0.15, -0.1) is 0 Å². The summed E-state index contributed by atoms with van der Waals surface area (Å²) in [6.45, 7) is 1.81. The van der Waals surface area contributed by atoms with E-state index in [-0.39, 0.29) is 0 Å². The van der Waals surface area contributed by atoms with Gasteiger partial charge in [-0.2, -0.15) is 0 Å². The van der Waals surface area contributed by atoms with E-state index < -0.39 is 0 Å². The zero-order chi connectivity index (χ0) is 3.54. The van der Waals surface area contributed by atoms with Crippen molar-refractivity contribution in [3.63, 3.8) is 0 Å². The number of hydrogen-bond donors (Lipinski definition) is 1. The minimum atomic E-state index is 0.833. The molecule has 0 bridgehead atoms. The van der Waals surface area contributed by atoms with Crippen molar-refractivity contribution in [1.82, 2.24) is 5.23 Å². The topological polar surface area (TPSA) is 21.3 Å². The second kappa shape index (κ2) is 1.43. The summed E-state index contributed by atoms with van der Waals surface area (Å²) >= 11 is 0. The van der Waals surface area contributed by atoms with Crippen LogP contribution < -0.4 is 5.23 Å². The van der Waals surface area contributed by atoms with Gasteiger partial charge in [0.1, 0.15) is 0 Å². The lowest BCUT2D eigenvalue weighted by molar-refractivity contribution is 0.385. The minimum absolute atomic E-state index is 0.833. The third-order valence-electron chi connectivity index (χ3n) is 0.531. The van der Waals surface area contributed by atoms with Crippen molar-refractivity contribution in [3.8, 4) is 0 Å². The summed E-state index contributed by atoms with van der Waals surface area (Å²) < 4.78 is 4.71. The van der Waals surface area contributed by atoms with Crippen molar-refractivity contribution in [2.45, 2.75) is 0 Å². The van der Waals surface area contributed by atoms with Gasteiger partial charge in [-0.25, -0.2) is 0 Å². The lowest BCUT2D eigenvalue weighted by Gasteiger charge is -1.73. The molecule has 0 aliphatic carbocycles. The maximum absolute atomic E-state index is 4.71. The number of nitrogens with one attached hydrogen (secondary N) is 1. The zero-order valence-corrected chi connectivity index (χ0v) is 2.90. The molecule has 0 saturated carbocycles. The van der Waals surface area contributed by atoms with Crippen LogP contribution in [0.25, 0.3) is 0 Å². The Kier molecular flexibility index (Phi) is 0.910. The van der Waals surface area contributed by atoms with Crippen LogP contribution in [0.15, 0.2) is 0 Å². The predicted octanol–water partition coefficient (Wildman–Crippen LogP) is -0.860. The van der Waals surface area contributed by atoms with Crippen LogP contribution in [0.5, 0.6) is 0 Å². The molecule has 1 radical (unpaired) electrons. The molecule has 1 saturated heterocycles. The van der Waals surface area contributed by atoms with E-state index >= 15 is 0 Å². The molecule has 27 valence electrons. The summed E-state index contributed by atoms with van der Waals surface area (Å²) in [6.07, 6.45) is 0. The van der Waals surface area contributed by atoms with Crippen molar-refractivity contribution >= 4 is 7.62 Å². The third-order valence-corrected chi connectivity index (χ3v) is 0.531. The minimum Gasteiger partial charge on any atom is -0.423 e. The summed E-state index contributed by atoms with van der Waals surface area (Å²) in [5.41, 5.74) is 0. The molecule has 0 aromatic heterocycles. The summed E-state index contributed by atoms with van der Waals surface area (Å²) in [4.78, 5) is 0. The van der Waals surface area contributed by atoms with E-state index in [9.17, 15) is 0 Å². The van der Waals surface area contributed by atoms with Crippen molar-refractivity contribution < 1.29 is 4.65 Å². The Morgan fingerprint density at radius 1 is 1.80 bits per heavy atom. The van der Waals surface area contributed by atoms with Crippen LogP contribution in [0.2, 0.25) is 0 Å². The van der Waals surface area contributed by atoms with Gasteiger partial charge < -0.3 is 9.88 Å². The molecular weight excluding hydrogens is 64.8 g/mol. The van der Waals surface area contributed by atoms with Crippen LogP contribution in [0.4, 0.5) is 0 Å². The Morgan fingerprint density at radius 2 is 2.80 bits per heavy atom. The first-order valence-corrected chi connectivity index (χ1v) is 1.67. The lowest BCUT2D eigenvalue weighted by Crippen LogP contribution is -2.09. The van der Waals surface area contributed by atoms with E-state index in [2.05, 4.69) is 5.23 Å². The van der Waals surface area contributed by atoms with Crippen LogP contribution in [0.1, 0.15) is 0 Å². The van der Waals surface area contributed by atoms with E-state index in [1.807, 2.05) is 0 Å². The fraction of sp³-hybridized carbons (Fsp3) is 1.00. The fourth-order valence-corrected chi connectivity index (χ4v) is 0.295. The third kappa shape index (κ3) is 0.632. The van der Waals surface area contributed by atoms with Gasteiger partial charge in [0.25, 0.3) is 0 Å². The van der Waals surface area contributed by atoms with Crippen LogP contribution in [-0.4, -0.2) is 20.8 Å². The Balaban J connectivity index is 2.08. The number of rotatable bonds is 0. The van der Waals surface area contributed by atoms with E-state index in [1.165, 1.54) is 0 Å². The highest BCUT2D eigenvalue weighted by Crippen LogP contribution is 1.72. The fourth-order valence-electron chi connectivity index (χ4n) is 0.295. The van der Waals surface area contributed by atoms with E-state index in [0.29, 0.717) is 0 Å². The molecule has 1 fully saturated rings. The molecule has 0 aromatic rings. The van der Waals surface area contributed by atoms with Crippen LogP contribution in [0.3, 0.4) is 0 Å². The standard InChI is InChI=1S/C2H5BNO/c1-2-5-3-4-1/h4H,1-2H2. The van der Waals surface area contributed by atoms with Gasteiger partial charge in [-0.3, -0.25) is 0 Å². The molecule has 1 aliphatic rings. The van der Waals surface area contributed by atoms with Gasteiger partial charge in [0.05, 0.1) is 0 Å².